The molecule has 9 nitrogen and oxygen atoms in total. The molecule has 4 rings (SSSR count). The molecule has 33 heavy (non-hydrogen) atoms. The fourth-order valence-electron chi connectivity index (χ4n) is 2.83. The molecule has 4 aromatic rings. The minimum absolute atomic E-state index is 0.0143. The summed E-state index contributed by atoms with van der Waals surface area (Å²) in [5.74, 6) is -0.573. The van der Waals surface area contributed by atoms with Gasteiger partial charge in [-0.15, -0.1) is 0 Å². The summed E-state index contributed by atoms with van der Waals surface area (Å²) in [6.07, 6.45) is 5.39. The van der Waals surface area contributed by atoms with Crippen LogP contribution in [0.15, 0.2) is 97.8 Å². The second-order valence-corrected chi connectivity index (χ2v) is 9.27. The van der Waals surface area contributed by atoms with Crippen LogP contribution in [-0.4, -0.2) is 24.2 Å². The maximum Gasteiger partial charge on any atom is 0.347 e. The van der Waals surface area contributed by atoms with E-state index < -0.39 is 21.4 Å². The zero-order valence-corrected chi connectivity index (χ0v) is 19.1. The first-order valence-corrected chi connectivity index (χ1v) is 11.7. The van der Waals surface area contributed by atoms with E-state index in [2.05, 4.69) is 35.9 Å². The van der Waals surface area contributed by atoms with E-state index in [1.807, 2.05) is 0 Å². The van der Waals surface area contributed by atoms with Crippen molar-refractivity contribution in [3.8, 4) is 0 Å². The van der Waals surface area contributed by atoms with Gasteiger partial charge in [0.15, 0.2) is 5.78 Å². The third kappa shape index (κ3) is 5.33. The first-order chi connectivity index (χ1) is 15.8. The average molecular weight is 527 g/mol. The minimum Gasteiger partial charge on any atom is -0.422 e. The van der Waals surface area contributed by atoms with E-state index in [9.17, 15) is 18.0 Å². The number of benzene rings is 2. The van der Waals surface area contributed by atoms with Crippen molar-refractivity contribution in [2.75, 3.05) is 10.0 Å². The van der Waals surface area contributed by atoms with Crippen molar-refractivity contribution in [2.45, 2.75) is 4.90 Å². The lowest BCUT2D eigenvalue weighted by molar-refractivity contribution is 0.104. The Balaban J connectivity index is 1.44. The summed E-state index contributed by atoms with van der Waals surface area (Å²) < 4.78 is 33.1. The molecule has 0 atom stereocenters. The maximum absolute atomic E-state index is 12.4. The first-order valence-electron chi connectivity index (χ1n) is 9.42. The number of nitrogens with zero attached hydrogens (tertiary/aromatic N) is 2. The summed E-state index contributed by atoms with van der Waals surface area (Å²) in [5, 5.41) is 3.47. The van der Waals surface area contributed by atoms with Gasteiger partial charge in [-0.05, 0) is 54.6 Å². The van der Waals surface area contributed by atoms with Crippen molar-refractivity contribution in [1.82, 2.24) is 9.97 Å². The van der Waals surface area contributed by atoms with Gasteiger partial charge in [0.25, 0.3) is 10.0 Å². The Labute approximate surface area is 196 Å². The quantitative estimate of drug-likeness (QED) is 0.210. The lowest BCUT2D eigenvalue weighted by Crippen LogP contribution is -2.14. The number of anilines is 2. The number of hydrogen-bond acceptors (Lipinski definition) is 8. The summed E-state index contributed by atoms with van der Waals surface area (Å²) >= 11 is 3.34. The van der Waals surface area contributed by atoms with Crippen molar-refractivity contribution in [1.29, 1.82) is 0 Å². The molecule has 2 aromatic heterocycles. The van der Waals surface area contributed by atoms with Gasteiger partial charge in [0, 0.05) is 40.2 Å². The molecule has 0 unspecified atom stereocenters. The molecule has 0 aliphatic rings. The normalized spacial score (nSPS) is 11.5. The number of rotatable bonds is 7. The SMILES string of the molecule is O=C(/C=C/Nc1ccc(S(=O)(=O)Nc2ncccn2)cc1)c1cc2cc(Br)ccc2oc1=O. The van der Waals surface area contributed by atoms with Crippen LogP contribution in [0.4, 0.5) is 11.6 Å². The van der Waals surface area contributed by atoms with Crippen LogP contribution in [0.5, 0.6) is 0 Å². The first kappa shape index (κ1) is 22.4. The number of fused-ring (bicyclic) bond motifs is 1. The highest BCUT2D eigenvalue weighted by Gasteiger charge is 2.15. The highest BCUT2D eigenvalue weighted by Crippen LogP contribution is 2.20. The Morgan fingerprint density at radius 3 is 2.48 bits per heavy atom. The number of aromatic nitrogens is 2. The number of nitrogens with one attached hydrogen (secondary N) is 2. The van der Waals surface area contributed by atoms with Gasteiger partial charge >= 0.3 is 5.63 Å². The molecule has 0 fully saturated rings. The lowest BCUT2D eigenvalue weighted by Gasteiger charge is -2.07. The summed E-state index contributed by atoms with van der Waals surface area (Å²) in [4.78, 5) is 32.2. The van der Waals surface area contributed by atoms with Gasteiger partial charge in [0.05, 0.1) is 4.90 Å². The molecule has 2 aromatic carbocycles. The van der Waals surface area contributed by atoms with Crippen LogP contribution < -0.4 is 15.7 Å². The molecule has 0 saturated heterocycles. The predicted molar refractivity (Wildman–Crippen MR) is 127 cm³/mol. The van der Waals surface area contributed by atoms with E-state index in [4.69, 9.17) is 4.42 Å². The molecule has 0 saturated carbocycles. The van der Waals surface area contributed by atoms with Gasteiger partial charge in [-0.3, -0.25) is 4.79 Å². The van der Waals surface area contributed by atoms with E-state index in [0.29, 0.717) is 16.7 Å². The van der Waals surface area contributed by atoms with E-state index in [0.717, 1.165) is 4.47 Å². The molecule has 0 spiro atoms. The monoisotopic (exact) mass is 526 g/mol. The number of ketones is 1. The molecule has 11 heteroatoms. The topological polar surface area (TPSA) is 131 Å². The lowest BCUT2D eigenvalue weighted by atomic mass is 10.1. The standard InChI is InChI=1S/C22H15BrN4O5S/c23-15-2-7-20-14(12-15)13-18(21(29)32-20)19(28)8-11-24-16-3-5-17(6-4-16)33(30,31)27-22-25-9-1-10-26-22/h1-13,24H,(H,25,26,27)/b11-8+. The summed E-state index contributed by atoms with van der Waals surface area (Å²) in [6.45, 7) is 0. The largest absolute Gasteiger partial charge is 0.422 e. The fraction of sp³-hybridized carbons (Fsp3) is 0. The minimum atomic E-state index is -3.85. The number of hydrogen-bond donors (Lipinski definition) is 2. The van der Waals surface area contributed by atoms with E-state index in [-0.39, 0.29) is 16.4 Å². The highest BCUT2D eigenvalue weighted by molar-refractivity contribution is 9.10. The molecule has 2 N–H and O–H groups in total. The van der Waals surface area contributed by atoms with E-state index in [1.54, 1.807) is 24.3 Å². The van der Waals surface area contributed by atoms with Crippen molar-refractivity contribution in [3.63, 3.8) is 0 Å². The van der Waals surface area contributed by atoms with E-state index >= 15 is 0 Å². The van der Waals surface area contributed by atoms with Crippen molar-refractivity contribution >= 4 is 54.3 Å². The molecular formula is C22H15BrN4O5S. The predicted octanol–water partition coefficient (Wildman–Crippen LogP) is 3.95. The van der Waals surface area contributed by atoms with Gasteiger partial charge in [-0.25, -0.2) is 27.9 Å². The second kappa shape index (κ2) is 9.35. The Morgan fingerprint density at radius 1 is 1.03 bits per heavy atom. The van der Waals surface area contributed by atoms with Gasteiger partial charge in [0.1, 0.15) is 11.1 Å². The smallest absolute Gasteiger partial charge is 0.347 e. The maximum atomic E-state index is 12.4. The van der Waals surface area contributed by atoms with Crippen molar-refractivity contribution in [3.05, 3.63) is 99.7 Å². The van der Waals surface area contributed by atoms with Gasteiger partial charge < -0.3 is 9.73 Å². The fourth-order valence-corrected chi connectivity index (χ4v) is 4.17. The third-order valence-electron chi connectivity index (χ3n) is 4.40. The number of allylic oxidation sites excluding steroid dienone is 1. The van der Waals surface area contributed by atoms with Crippen molar-refractivity contribution < 1.29 is 17.6 Å². The van der Waals surface area contributed by atoms with Gasteiger partial charge in [0.2, 0.25) is 5.95 Å². The molecule has 0 radical (unpaired) electrons. The van der Waals surface area contributed by atoms with Crippen LogP contribution in [0.2, 0.25) is 0 Å². The Hall–Kier alpha value is -3.83. The van der Waals surface area contributed by atoms with Crippen LogP contribution in [0, 0.1) is 0 Å². The average Bonchev–Trinajstić information content (AvgIpc) is 2.79. The van der Waals surface area contributed by atoms with Crippen LogP contribution in [-0.2, 0) is 10.0 Å². The molecule has 0 aliphatic heterocycles. The zero-order chi connectivity index (χ0) is 23.4. The third-order valence-corrected chi connectivity index (χ3v) is 6.24. The molecule has 0 amide bonds. The molecule has 0 bridgehead atoms. The number of carbonyl (C=O) groups excluding carboxylic acids is 1. The Bertz CT molecular complexity index is 1520. The molecule has 166 valence electrons. The highest BCUT2D eigenvalue weighted by atomic mass is 79.9. The van der Waals surface area contributed by atoms with Gasteiger partial charge in [-0.1, -0.05) is 15.9 Å². The van der Waals surface area contributed by atoms with Gasteiger partial charge in [-0.2, -0.15) is 0 Å². The second-order valence-electron chi connectivity index (χ2n) is 6.67. The van der Waals surface area contributed by atoms with Crippen LogP contribution >= 0.6 is 15.9 Å². The summed E-state index contributed by atoms with van der Waals surface area (Å²) in [7, 11) is -3.85. The molecule has 2 heterocycles. The summed E-state index contributed by atoms with van der Waals surface area (Å²) in [6, 6.07) is 14.0. The zero-order valence-electron chi connectivity index (χ0n) is 16.7. The molecular weight excluding hydrogens is 512 g/mol. The van der Waals surface area contributed by atoms with Crippen LogP contribution in [0.25, 0.3) is 11.0 Å². The van der Waals surface area contributed by atoms with E-state index in [1.165, 1.54) is 55.0 Å². The Kier molecular flexibility index (Phi) is 6.33. The number of halogens is 1. The number of sulfonamides is 1. The molecule has 0 aliphatic carbocycles. The van der Waals surface area contributed by atoms with Crippen molar-refractivity contribution in [2.24, 2.45) is 0 Å². The summed E-state index contributed by atoms with van der Waals surface area (Å²) in [5.41, 5.74) is 0.0758. The van der Waals surface area contributed by atoms with Crippen LogP contribution in [0.1, 0.15) is 10.4 Å². The van der Waals surface area contributed by atoms with Crippen LogP contribution in [0.3, 0.4) is 0 Å². The number of carbonyl (C=O) groups is 1. The Morgan fingerprint density at radius 2 is 1.76 bits per heavy atom.